The summed E-state index contributed by atoms with van der Waals surface area (Å²) in [5.74, 6) is 0. The van der Waals surface area contributed by atoms with Crippen molar-refractivity contribution in [1.82, 2.24) is 10.6 Å². The number of carbonyl (C=O) groups is 4. The molecule has 6 N–H and O–H groups in total. The Morgan fingerprint density at radius 1 is 0.706 bits per heavy atom. The van der Waals surface area contributed by atoms with Gasteiger partial charge in [0.15, 0.2) is 0 Å². The second kappa shape index (κ2) is 13.9. The summed E-state index contributed by atoms with van der Waals surface area (Å²) in [6, 6.07) is 0. The molecule has 0 radical (unpaired) electrons. The van der Waals surface area contributed by atoms with E-state index in [2.05, 4.69) is 4.12 Å². The molecule has 0 unspecified atom stereocenters. The van der Waals surface area contributed by atoms with Gasteiger partial charge in [-0.2, -0.15) is 0 Å². The molecule has 11 nitrogen and oxygen atoms in total. The van der Waals surface area contributed by atoms with Gasteiger partial charge < -0.3 is 24.5 Å². The lowest BCUT2D eigenvalue weighted by atomic mass is 11.0. The van der Waals surface area contributed by atoms with Crippen molar-refractivity contribution in [2.24, 2.45) is 0 Å². The van der Waals surface area contributed by atoms with Crippen LogP contribution in [0.3, 0.4) is 0 Å². The smallest absolute Gasteiger partial charge is 0.414 e. The summed E-state index contributed by atoms with van der Waals surface area (Å²) in [7, 11) is 1.86. The van der Waals surface area contributed by atoms with Crippen molar-refractivity contribution in [3.05, 3.63) is 0 Å². The van der Waals surface area contributed by atoms with Crippen molar-refractivity contribution >= 4 is 45.3 Å². The van der Waals surface area contributed by atoms with E-state index in [0.29, 0.717) is 0 Å². The Morgan fingerprint density at radius 2 is 0.824 bits per heavy atom. The highest BCUT2D eigenvalue weighted by Gasteiger charge is 1.97. The average Bonchev–Trinajstić information content (AvgIpc) is 1.99. The maximum atomic E-state index is 9.32. The van der Waals surface area contributed by atoms with Crippen molar-refractivity contribution in [1.29, 1.82) is 0 Å². The van der Waals surface area contributed by atoms with Crippen molar-refractivity contribution in [3.8, 4) is 0 Å². The Balaban J connectivity index is -0.000000188. The lowest BCUT2D eigenvalue weighted by Gasteiger charge is -1.85. The molecule has 0 heterocycles. The summed E-state index contributed by atoms with van der Waals surface area (Å²) < 4.78 is 4.53. The van der Waals surface area contributed by atoms with Gasteiger partial charge in [-0.25, -0.2) is 29.8 Å². The van der Waals surface area contributed by atoms with Crippen LogP contribution in [-0.4, -0.2) is 65.8 Å². The molecule has 100 valence electrons. The Bertz CT molecular complexity index is 220. The van der Waals surface area contributed by atoms with Crippen LogP contribution in [0.4, 0.5) is 19.2 Å². The van der Waals surface area contributed by atoms with Crippen LogP contribution in [0.5, 0.6) is 0 Å². The van der Waals surface area contributed by atoms with Crippen LogP contribution in [0, 0.1) is 0 Å². The molecule has 0 aromatic heterocycles. The van der Waals surface area contributed by atoms with Crippen molar-refractivity contribution in [3.63, 3.8) is 0 Å². The number of carboxylic acid groups (broad SMARTS) is 4. The zero-order chi connectivity index (χ0) is 14.4. The molecule has 0 rings (SSSR count). The van der Waals surface area contributed by atoms with E-state index in [9.17, 15) is 19.2 Å². The summed E-state index contributed by atoms with van der Waals surface area (Å²) in [5.41, 5.74) is 0. The van der Waals surface area contributed by atoms with E-state index in [-0.39, 0.29) is 0 Å². The Hall–Kier alpha value is -2.13. The van der Waals surface area contributed by atoms with Crippen molar-refractivity contribution in [2.45, 2.75) is 0 Å². The largest absolute Gasteiger partial charge is 0.471 e. The van der Waals surface area contributed by atoms with E-state index in [1.807, 2.05) is 0 Å². The minimum Gasteiger partial charge on any atom is -0.471 e. The SMILES string of the molecule is O=C(O)NC(=O)O.O=C(O)NC(=O)O.[SiH3]O[SiH3]. The average molecular weight is 288 g/mol. The van der Waals surface area contributed by atoms with Crippen LogP contribution in [0.1, 0.15) is 0 Å². The normalized spacial score (nSPS) is 7.53. The molecular formula is C4H12N2O9Si2. The van der Waals surface area contributed by atoms with Gasteiger partial charge in [0.05, 0.1) is 0 Å². The summed E-state index contributed by atoms with van der Waals surface area (Å²) >= 11 is 0. The Morgan fingerprint density at radius 3 is 0.824 bits per heavy atom. The number of imide groups is 2. The van der Waals surface area contributed by atoms with Gasteiger partial charge in [-0.05, 0) is 0 Å². The van der Waals surface area contributed by atoms with Crippen molar-refractivity contribution in [2.75, 3.05) is 0 Å². The molecule has 0 aliphatic rings. The fraction of sp³-hybridized carbons (Fsp3) is 0. The maximum Gasteiger partial charge on any atom is 0.414 e. The van der Waals surface area contributed by atoms with Gasteiger partial charge in [0.1, 0.15) is 21.0 Å². The number of nitrogens with one attached hydrogen (secondary N) is 2. The van der Waals surface area contributed by atoms with Crippen LogP contribution in [0.15, 0.2) is 0 Å². The van der Waals surface area contributed by atoms with Gasteiger partial charge in [-0.1, -0.05) is 0 Å². The van der Waals surface area contributed by atoms with Crippen LogP contribution in [0.25, 0.3) is 0 Å². The molecule has 0 spiro atoms. The lowest BCUT2D eigenvalue weighted by Crippen LogP contribution is -2.26. The third-order valence-corrected chi connectivity index (χ3v) is 0.428. The number of hydrogen-bond donors (Lipinski definition) is 6. The van der Waals surface area contributed by atoms with Crippen LogP contribution in [0.2, 0.25) is 0 Å². The number of amides is 4. The fourth-order valence-corrected chi connectivity index (χ4v) is 0.183. The lowest BCUT2D eigenvalue weighted by molar-refractivity contribution is 0.172. The minimum atomic E-state index is -1.56. The second-order valence-corrected chi connectivity index (χ2v) is 5.14. The zero-order valence-electron chi connectivity index (χ0n) is 8.83. The Kier molecular flexibility index (Phi) is 16.6. The first-order chi connectivity index (χ1) is 7.67. The van der Waals surface area contributed by atoms with Crippen LogP contribution < -0.4 is 10.6 Å². The topological polar surface area (TPSA) is 182 Å². The number of hydrogen-bond acceptors (Lipinski definition) is 5. The van der Waals surface area contributed by atoms with E-state index >= 15 is 0 Å². The highest BCUT2D eigenvalue weighted by molar-refractivity contribution is 6.15. The monoisotopic (exact) mass is 288 g/mol. The number of rotatable bonds is 0. The van der Waals surface area contributed by atoms with Crippen molar-refractivity contribution < 1.29 is 43.7 Å². The van der Waals surface area contributed by atoms with E-state index < -0.39 is 24.4 Å². The molecule has 0 atom stereocenters. The van der Waals surface area contributed by atoms with Gasteiger partial charge in [0, 0.05) is 0 Å². The quantitative estimate of drug-likeness (QED) is 0.261. The molecule has 0 aliphatic carbocycles. The maximum absolute atomic E-state index is 9.32. The van der Waals surface area contributed by atoms with E-state index in [1.54, 1.807) is 0 Å². The fourth-order valence-electron chi connectivity index (χ4n) is 0.183. The first-order valence-electron chi connectivity index (χ1n) is 3.53. The highest BCUT2D eigenvalue weighted by atomic mass is 28.3. The molecular weight excluding hydrogens is 276 g/mol. The molecule has 0 saturated carbocycles. The summed E-state index contributed by atoms with van der Waals surface area (Å²) in [6.07, 6.45) is -6.25. The molecule has 0 bridgehead atoms. The van der Waals surface area contributed by atoms with E-state index in [0.717, 1.165) is 31.6 Å². The van der Waals surface area contributed by atoms with E-state index in [4.69, 9.17) is 20.4 Å². The minimum absolute atomic E-state index is 0.931. The predicted molar refractivity (Wildman–Crippen MR) is 59.3 cm³/mol. The Labute approximate surface area is 100 Å². The van der Waals surface area contributed by atoms with Gasteiger partial charge in [0.25, 0.3) is 0 Å². The highest BCUT2D eigenvalue weighted by Crippen LogP contribution is 1.59. The van der Waals surface area contributed by atoms with Gasteiger partial charge in [-0.3, -0.25) is 0 Å². The van der Waals surface area contributed by atoms with Gasteiger partial charge in [0.2, 0.25) is 0 Å². The molecule has 13 heteroatoms. The van der Waals surface area contributed by atoms with Crippen LogP contribution >= 0.6 is 0 Å². The first-order valence-corrected chi connectivity index (χ1v) is 5.16. The zero-order valence-corrected chi connectivity index (χ0v) is 12.8. The second-order valence-electron chi connectivity index (χ2n) is 1.88. The third kappa shape index (κ3) is 56.7. The molecule has 0 aromatic rings. The van der Waals surface area contributed by atoms with Crippen LogP contribution in [-0.2, 0) is 4.12 Å². The van der Waals surface area contributed by atoms with E-state index in [1.165, 1.54) is 0 Å². The molecule has 0 aromatic carbocycles. The summed E-state index contributed by atoms with van der Waals surface area (Å²) in [5, 5.41) is 32.6. The molecule has 17 heavy (non-hydrogen) atoms. The molecule has 0 fully saturated rings. The standard InChI is InChI=1S/2C2H3NO4.H6OSi2/c2*4-1(5)3-2(6)7;2-1-3/h2*3H,(H,4,5)(H,6,7);2-3H3. The predicted octanol–water partition coefficient (Wildman–Crippen LogP) is -2.57. The van der Waals surface area contributed by atoms with Gasteiger partial charge in [-0.15, -0.1) is 0 Å². The summed E-state index contributed by atoms with van der Waals surface area (Å²) in [6.45, 7) is 0. The molecule has 0 aliphatic heterocycles. The van der Waals surface area contributed by atoms with Gasteiger partial charge >= 0.3 is 24.4 Å². The summed E-state index contributed by atoms with van der Waals surface area (Å²) in [4.78, 5) is 37.3. The third-order valence-electron chi connectivity index (χ3n) is 0.428. The first kappa shape index (κ1) is 20.3. The molecule has 4 amide bonds. The molecule has 0 saturated heterocycles.